The van der Waals surface area contributed by atoms with Crippen molar-refractivity contribution in [3.63, 3.8) is 0 Å². The van der Waals surface area contributed by atoms with Gasteiger partial charge < -0.3 is 19.1 Å². The van der Waals surface area contributed by atoms with E-state index in [2.05, 4.69) is 61.9 Å². The summed E-state index contributed by atoms with van der Waals surface area (Å²) in [5.41, 5.74) is 3.79. The van der Waals surface area contributed by atoms with Crippen molar-refractivity contribution in [3.8, 4) is 0 Å². The maximum Gasteiger partial charge on any atom is 0.255 e. The molecule has 1 aliphatic rings. The van der Waals surface area contributed by atoms with Crippen LogP contribution < -0.4 is 0 Å². The highest BCUT2D eigenvalue weighted by atomic mass is 35.5. The molecule has 0 saturated carbocycles. The molecule has 1 aromatic heterocycles. The summed E-state index contributed by atoms with van der Waals surface area (Å²) in [4.78, 5) is 30.5. The van der Waals surface area contributed by atoms with Gasteiger partial charge in [0.1, 0.15) is 6.54 Å². The Labute approximate surface area is 218 Å². The van der Waals surface area contributed by atoms with Gasteiger partial charge in [0.2, 0.25) is 5.91 Å². The van der Waals surface area contributed by atoms with Gasteiger partial charge in [-0.3, -0.25) is 9.59 Å². The lowest BCUT2D eigenvalue weighted by Crippen LogP contribution is -2.48. The van der Waals surface area contributed by atoms with Crippen molar-refractivity contribution in [2.24, 2.45) is 0 Å². The van der Waals surface area contributed by atoms with E-state index in [1.807, 2.05) is 11.0 Å². The molecule has 3 aromatic rings. The van der Waals surface area contributed by atoms with Crippen LogP contribution in [0.2, 0.25) is 5.02 Å². The topological polar surface area (TPSA) is 54.8 Å². The van der Waals surface area contributed by atoms with Crippen molar-refractivity contribution < 1.29 is 14.3 Å². The van der Waals surface area contributed by atoms with Crippen LogP contribution in [0.25, 0.3) is 0 Å². The summed E-state index contributed by atoms with van der Waals surface area (Å²) in [5.74, 6) is -0.388. The van der Waals surface area contributed by atoms with Gasteiger partial charge in [-0.1, -0.05) is 68.8 Å². The monoisotopic (exact) mass is 507 g/mol. The molecule has 2 heterocycles. The highest BCUT2D eigenvalue weighted by Gasteiger charge is 2.34. The van der Waals surface area contributed by atoms with Gasteiger partial charge in [-0.15, -0.1) is 0 Å². The minimum Gasteiger partial charge on any atom is -0.383 e. The predicted octanol–water partition coefficient (Wildman–Crippen LogP) is 5.16. The zero-order chi connectivity index (χ0) is 25.9. The number of benzene rings is 2. The van der Waals surface area contributed by atoms with E-state index in [1.165, 1.54) is 10.5 Å². The Bertz CT molecular complexity index is 1210. The third-order valence-electron chi connectivity index (χ3n) is 6.73. The molecule has 4 rings (SSSR count). The number of ether oxygens (including phenoxy) is 1. The molecule has 190 valence electrons. The van der Waals surface area contributed by atoms with Gasteiger partial charge >= 0.3 is 0 Å². The van der Waals surface area contributed by atoms with Gasteiger partial charge in [0.25, 0.3) is 5.91 Å². The number of nitrogens with zero attached hydrogens (tertiary/aromatic N) is 3. The maximum atomic E-state index is 13.8. The first-order chi connectivity index (χ1) is 17.2. The van der Waals surface area contributed by atoms with E-state index in [0.29, 0.717) is 36.8 Å². The Balaban J connectivity index is 1.63. The summed E-state index contributed by atoms with van der Waals surface area (Å²) in [6.07, 6.45) is 2.06. The van der Waals surface area contributed by atoms with E-state index in [-0.39, 0.29) is 29.8 Å². The third-order valence-corrected chi connectivity index (χ3v) is 7.06. The molecule has 6 nitrogen and oxygen atoms in total. The average Bonchev–Trinajstić information content (AvgIpc) is 3.34. The molecule has 0 radical (unpaired) electrons. The lowest BCUT2D eigenvalue weighted by atomic mass is 9.86. The van der Waals surface area contributed by atoms with Gasteiger partial charge in [0.05, 0.1) is 23.2 Å². The second kappa shape index (κ2) is 10.9. The number of hydrogen-bond donors (Lipinski definition) is 0. The number of methoxy groups -OCH3 is 1. The molecule has 0 aliphatic carbocycles. The zero-order valence-corrected chi connectivity index (χ0v) is 22.2. The molecule has 1 aliphatic heterocycles. The highest BCUT2D eigenvalue weighted by molar-refractivity contribution is 6.33. The molecule has 0 bridgehead atoms. The molecule has 2 aromatic carbocycles. The first kappa shape index (κ1) is 26.0. The standard InChI is InChI=1S/C29H34ClN3O3/c1-29(2,3)22-13-11-21(12-14-22)27-25-10-7-15-31(25)16-17-33(27)26(34)20-32(18-19-36-4)28(35)23-8-5-6-9-24(23)30/h5-15,27H,16-20H2,1-4H3/t27-/m1/s1. The Morgan fingerprint density at radius 3 is 2.42 bits per heavy atom. The average molecular weight is 508 g/mol. The summed E-state index contributed by atoms with van der Waals surface area (Å²) in [6, 6.07) is 19.3. The van der Waals surface area contributed by atoms with E-state index >= 15 is 0 Å². The van der Waals surface area contributed by atoms with Crippen LogP contribution in [0.5, 0.6) is 0 Å². The van der Waals surface area contributed by atoms with Crippen LogP contribution >= 0.6 is 11.6 Å². The number of carbonyl (C=O) groups excluding carboxylic acids is 2. The van der Waals surface area contributed by atoms with Crippen molar-refractivity contribution >= 4 is 23.4 Å². The lowest BCUT2D eigenvalue weighted by Gasteiger charge is -2.38. The fourth-order valence-electron chi connectivity index (χ4n) is 4.68. The minimum absolute atomic E-state index is 0.0434. The van der Waals surface area contributed by atoms with Gasteiger partial charge in [-0.2, -0.15) is 0 Å². The van der Waals surface area contributed by atoms with Crippen LogP contribution in [0.4, 0.5) is 0 Å². The van der Waals surface area contributed by atoms with Crippen LogP contribution in [0.3, 0.4) is 0 Å². The SMILES string of the molecule is COCCN(CC(=O)N1CCn2cccc2[C@H]1c1ccc(C(C)(C)C)cc1)C(=O)c1ccccc1Cl. The number of rotatable bonds is 7. The second-order valence-electron chi connectivity index (χ2n) is 10.2. The number of halogens is 1. The molecule has 2 amide bonds. The van der Waals surface area contributed by atoms with E-state index in [4.69, 9.17) is 16.3 Å². The normalized spacial score (nSPS) is 15.5. The fraction of sp³-hybridized carbons (Fsp3) is 0.379. The van der Waals surface area contributed by atoms with Crippen molar-refractivity contribution in [2.75, 3.05) is 33.4 Å². The lowest BCUT2D eigenvalue weighted by molar-refractivity contribution is -0.134. The van der Waals surface area contributed by atoms with Crippen LogP contribution in [-0.4, -0.2) is 59.5 Å². The number of fused-ring (bicyclic) bond motifs is 1. The van der Waals surface area contributed by atoms with Crippen LogP contribution in [0.1, 0.15) is 54.0 Å². The van der Waals surface area contributed by atoms with E-state index in [1.54, 1.807) is 31.4 Å². The van der Waals surface area contributed by atoms with Gasteiger partial charge in [0, 0.05) is 38.6 Å². The Morgan fingerprint density at radius 1 is 1.03 bits per heavy atom. The number of amides is 2. The van der Waals surface area contributed by atoms with Crippen LogP contribution in [-0.2, 0) is 21.5 Å². The first-order valence-electron chi connectivity index (χ1n) is 12.3. The molecule has 0 N–H and O–H groups in total. The third kappa shape index (κ3) is 5.50. The van der Waals surface area contributed by atoms with E-state index in [0.717, 1.165) is 11.3 Å². The Kier molecular flexibility index (Phi) is 7.86. The Hall–Kier alpha value is -3.09. The summed E-state index contributed by atoms with van der Waals surface area (Å²) in [5, 5.41) is 0.366. The van der Waals surface area contributed by atoms with E-state index < -0.39 is 0 Å². The summed E-state index contributed by atoms with van der Waals surface area (Å²) < 4.78 is 7.42. The molecule has 0 fully saturated rings. The number of aromatic nitrogens is 1. The highest BCUT2D eigenvalue weighted by Crippen LogP contribution is 2.34. The summed E-state index contributed by atoms with van der Waals surface area (Å²) in [7, 11) is 1.58. The smallest absolute Gasteiger partial charge is 0.255 e. The molecule has 1 atom stereocenters. The zero-order valence-electron chi connectivity index (χ0n) is 21.4. The summed E-state index contributed by atoms with van der Waals surface area (Å²) in [6.45, 7) is 8.40. The van der Waals surface area contributed by atoms with Crippen LogP contribution in [0.15, 0.2) is 66.9 Å². The molecular weight excluding hydrogens is 474 g/mol. The minimum atomic E-state index is -0.280. The second-order valence-corrected chi connectivity index (χ2v) is 10.6. The molecular formula is C29H34ClN3O3. The van der Waals surface area contributed by atoms with Gasteiger partial charge in [0.15, 0.2) is 0 Å². The van der Waals surface area contributed by atoms with Gasteiger partial charge in [-0.25, -0.2) is 0 Å². The number of carbonyl (C=O) groups is 2. The van der Waals surface area contributed by atoms with Crippen molar-refractivity contribution in [1.29, 1.82) is 0 Å². The van der Waals surface area contributed by atoms with Crippen molar-refractivity contribution in [2.45, 2.75) is 38.8 Å². The quantitative estimate of drug-likeness (QED) is 0.444. The summed E-state index contributed by atoms with van der Waals surface area (Å²) >= 11 is 6.30. The van der Waals surface area contributed by atoms with Crippen LogP contribution in [0, 0.1) is 0 Å². The molecule has 36 heavy (non-hydrogen) atoms. The van der Waals surface area contributed by atoms with Crippen molar-refractivity contribution in [3.05, 3.63) is 94.3 Å². The maximum absolute atomic E-state index is 13.8. The first-order valence-corrected chi connectivity index (χ1v) is 12.7. The number of hydrogen-bond acceptors (Lipinski definition) is 3. The molecule has 0 unspecified atom stereocenters. The predicted molar refractivity (Wildman–Crippen MR) is 142 cm³/mol. The molecule has 0 saturated heterocycles. The molecule has 7 heteroatoms. The largest absolute Gasteiger partial charge is 0.383 e. The van der Waals surface area contributed by atoms with E-state index in [9.17, 15) is 9.59 Å². The fourth-order valence-corrected chi connectivity index (χ4v) is 4.90. The molecule has 0 spiro atoms. The Morgan fingerprint density at radius 2 is 1.75 bits per heavy atom. The van der Waals surface area contributed by atoms with Crippen molar-refractivity contribution in [1.82, 2.24) is 14.4 Å². The van der Waals surface area contributed by atoms with Gasteiger partial charge in [-0.05, 0) is 40.8 Å².